The SMILES string of the molecule is CCN1CCN(CCNCCN(C)C)S1(=O)=O. The molecule has 0 amide bonds. The van der Waals surface area contributed by atoms with Crippen LogP contribution in [0.15, 0.2) is 0 Å². The van der Waals surface area contributed by atoms with Gasteiger partial charge in [-0.1, -0.05) is 6.92 Å². The van der Waals surface area contributed by atoms with E-state index in [0.29, 0.717) is 32.7 Å². The lowest BCUT2D eigenvalue weighted by molar-refractivity contribution is 0.388. The molecule has 0 unspecified atom stereocenters. The molecule has 1 aliphatic heterocycles. The molecule has 0 spiro atoms. The van der Waals surface area contributed by atoms with Crippen molar-refractivity contribution >= 4 is 10.2 Å². The van der Waals surface area contributed by atoms with Crippen LogP contribution in [-0.4, -0.2) is 81.8 Å². The molecular formula is C10H24N4O2S. The number of rotatable bonds is 7. The van der Waals surface area contributed by atoms with Crippen molar-refractivity contribution in [3.63, 3.8) is 0 Å². The second kappa shape index (κ2) is 6.65. The first-order valence-corrected chi connectivity index (χ1v) is 7.49. The van der Waals surface area contributed by atoms with Crippen LogP contribution in [0.3, 0.4) is 0 Å². The van der Waals surface area contributed by atoms with E-state index in [4.69, 9.17) is 0 Å². The molecule has 0 aromatic rings. The fourth-order valence-corrected chi connectivity index (χ4v) is 3.40. The standard InChI is InChI=1S/C10H24N4O2S/c1-4-13-9-10-14(17(13,15)16)8-6-11-5-7-12(2)3/h11H,4-10H2,1-3H3. The normalized spacial score (nSPS) is 21.4. The number of likely N-dealkylation sites (N-methyl/N-ethyl adjacent to an activating group) is 2. The average Bonchev–Trinajstić information content (AvgIpc) is 2.53. The van der Waals surface area contributed by atoms with Gasteiger partial charge in [0.15, 0.2) is 0 Å². The van der Waals surface area contributed by atoms with Crippen molar-refractivity contribution in [3.8, 4) is 0 Å². The van der Waals surface area contributed by atoms with E-state index in [9.17, 15) is 8.42 Å². The summed E-state index contributed by atoms with van der Waals surface area (Å²) in [6.07, 6.45) is 0. The highest BCUT2D eigenvalue weighted by molar-refractivity contribution is 7.87. The number of hydrogen-bond acceptors (Lipinski definition) is 4. The van der Waals surface area contributed by atoms with Gasteiger partial charge in [-0.15, -0.1) is 0 Å². The van der Waals surface area contributed by atoms with Crippen molar-refractivity contribution in [2.24, 2.45) is 0 Å². The molecule has 0 saturated carbocycles. The van der Waals surface area contributed by atoms with E-state index in [1.807, 2.05) is 21.0 Å². The van der Waals surface area contributed by atoms with Crippen LogP contribution in [0, 0.1) is 0 Å². The summed E-state index contributed by atoms with van der Waals surface area (Å²) in [7, 11) is 0.874. The van der Waals surface area contributed by atoms with E-state index >= 15 is 0 Å². The van der Waals surface area contributed by atoms with Crippen LogP contribution in [0.4, 0.5) is 0 Å². The zero-order valence-corrected chi connectivity index (χ0v) is 11.8. The summed E-state index contributed by atoms with van der Waals surface area (Å²) in [5, 5.41) is 3.25. The maximum absolute atomic E-state index is 11.9. The van der Waals surface area contributed by atoms with Gasteiger partial charge in [-0.2, -0.15) is 17.0 Å². The molecule has 17 heavy (non-hydrogen) atoms. The molecule has 1 aliphatic rings. The predicted octanol–water partition coefficient (Wildman–Crippen LogP) is -0.980. The third-order valence-electron chi connectivity index (χ3n) is 2.88. The molecule has 1 rings (SSSR count). The second-order valence-corrected chi connectivity index (χ2v) is 6.38. The molecule has 1 heterocycles. The largest absolute Gasteiger partial charge is 0.314 e. The van der Waals surface area contributed by atoms with Crippen molar-refractivity contribution in [2.45, 2.75) is 6.92 Å². The van der Waals surface area contributed by atoms with Crippen LogP contribution in [0.5, 0.6) is 0 Å². The second-order valence-electron chi connectivity index (χ2n) is 4.45. The first-order valence-electron chi connectivity index (χ1n) is 6.09. The van der Waals surface area contributed by atoms with E-state index in [1.165, 1.54) is 4.31 Å². The molecule has 0 bridgehead atoms. The molecule has 1 saturated heterocycles. The summed E-state index contributed by atoms with van der Waals surface area (Å²) in [6, 6.07) is 0. The Labute approximate surface area is 105 Å². The summed E-state index contributed by atoms with van der Waals surface area (Å²) in [5.41, 5.74) is 0. The van der Waals surface area contributed by atoms with Gasteiger partial charge in [-0.05, 0) is 14.1 Å². The minimum atomic E-state index is -3.17. The summed E-state index contributed by atoms with van der Waals surface area (Å²) < 4.78 is 26.9. The zero-order chi connectivity index (χ0) is 12.9. The molecule has 0 aromatic carbocycles. The Balaban J connectivity index is 2.25. The van der Waals surface area contributed by atoms with Crippen molar-refractivity contribution in [3.05, 3.63) is 0 Å². The maximum Gasteiger partial charge on any atom is 0.282 e. The molecule has 0 aliphatic carbocycles. The minimum absolute atomic E-state index is 0.562. The Morgan fingerprint density at radius 2 is 1.82 bits per heavy atom. The van der Waals surface area contributed by atoms with E-state index in [1.54, 1.807) is 4.31 Å². The monoisotopic (exact) mass is 264 g/mol. The number of nitrogens with zero attached hydrogens (tertiary/aromatic N) is 3. The summed E-state index contributed by atoms with van der Waals surface area (Å²) in [6.45, 7) is 6.80. The summed E-state index contributed by atoms with van der Waals surface area (Å²) in [4.78, 5) is 2.10. The minimum Gasteiger partial charge on any atom is -0.314 e. The van der Waals surface area contributed by atoms with Crippen LogP contribution in [0.2, 0.25) is 0 Å². The van der Waals surface area contributed by atoms with Gasteiger partial charge in [0.1, 0.15) is 0 Å². The lowest BCUT2D eigenvalue weighted by Gasteiger charge is -2.17. The molecule has 1 fully saturated rings. The quantitative estimate of drug-likeness (QED) is 0.601. The van der Waals surface area contributed by atoms with Crippen LogP contribution < -0.4 is 5.32 Å². The molecule has 6 nitrogen and oxygen atoms in total. The Bertz CT molecular complexity index is 318. The first kappa shape index (κ1) is 14.8. The predicted molar refractivity (Wildman–Crippen MR) is 69.2 cm³/mol. The van der Waals surface area contributed by atoms with Gasteiger partial charge in [0.05, 0.1) is 0 Å². The third kappa shape index (κ3) is 4.18. The molecule has 7 heteroatoms. The van der Waals surface area contributed by atoms with Gasteiger partial charge in [-0.3, -0.25) is 0 Å². The highest BCUT2D eigenvalue weighted by Crippen LogP contribution is 2.14. The van der Waals surface area contributed by atoms with Crippen LogP contribution in [0.25, 0.3) is 0 Å². The Kier molecular flexibility index (Phi) is 5.81. The highest BCUT2D eigenvalue weighted by atomic mass is 32.2. The fraction of sp³-hybridized carbons (Fsp3) is 1.00. The van der Waals surface area contributed by atoms with Gasteiger partial charge in [-0.25, -0.2) is 0 Å². The first-order chi connectivity index (χ1) is 7.98. The maximum atomic E-state index is 11.9. The fourth-order valence-electron chi connectivity index (χ4n) is 1.80. The van der Waals surface area contributed by atoms with Crippen molar-refractivity contribution < 1.29 is 8.42 Å². The van der Waals surface area contributed by atoms with Gasteiger partial charge >= 0.3 is 0 Å². The Hall–Kier alpha value is -0.210. The smallest absolute Gasteiger partial charge is 0.282 e. The molecule has 102 valence electrons. The van der Waals surface area contributed by atoms with E-state index < -0.39 is 10.2 Å². The van der Waals surface area contributed by atoms with E-state index in [-0.39, 0.29) is 0 Å². The molecular weight excluding hydrogens is 240 g/mol. The lowest BCUT2D eigenvalue weighted by atomic mass is 10.5. The Morgan fingerprint density at radius 3 is 2.35 bits per heavy atom. The van der Waals surface area contributed by atoms with Crippen LogP contribution >= 0.6 is 0 Å². The van der Waals surface area contributed by atoms with Gasteiger partial charge in [0.25, 0.3) is 10.2 Å². The average molecular weight is 264 g/mol. The van der Waals surface area contributed by atoms with Gasteiger partial charge in [0, 0.05) is 45.8 Å². The molecule has 1 N–H and O–H groups in total. The van der Waals surface area contributed by atoms with E-state index in [0.717, 1.165) is 13.1 Å². The van der Waals surface area contributed by atoms with Crippen LogP contribution in [0.1, 0.15) is 6.92 Å². The van der Waals surface area contributed by atoms with Gasteiger partial charge < -0.3 is 10.2 Å². The Morgan fingerprint density at radius 1 is 1.18 bits per heavy atom. The number of nitrogens with one attached hydrogen (secondary N) is 1. The van der Waals surface area contributed by atoms with Crippen LogP contribution in [-0.2, 0) is 10.2 Å². The lowest BCUT2D eigenvalue weighted by Crippen LogP contribution is -2.38. The number of hydrogen-bond donors (Lipinski definition) is 1. The van der Waals surface area contributed by atoms with Crippen molar-refractivity contribution in [1.29, 1.82) is 0 Å². The van der Waals surface area contributed by atoms with Crippen molar-refractivity contribution in [1.82, 2.24) is 18.8 Å². The summed E-state index contributed by atoms with van der Waals surface area (Å²) in [5.74, 6) is 0. The van der Waals surface area contributed by atoms with Crippen molar-refractivity contribution in [2.75, 3.05) is 59.9 Å². The summed E-state index contributed by atoms with van der Waals surface area (Å²) >= 11 is 0. The van der Waals surface area contributed by atoms with E-state index in [2.05, 4.69) is 10.2 Å². The third-order valence-corrected chi connectivity index (χ3v) is 4.99. The molecule has 0 atom stereocenters. The topological polar surface area (TPSA) is 55.9 Å². The van der Waals surface area contributed by atoms with Gasteiger partial charge in [0.2, 0.25) is 0 Å². The molecule has 0 radical (unpaired) electrons. The molecule has 0 aromatic heterocycles. The zero-order valence-electron chi connectivity index (χ0n) is 11.0. The highest BCUT2D eigenvalue weighted by Gasteiger charge is 2.34.